The number of carbonyl (C=O) groups is 2. The SMILES string of the molecule is Cc1cc(CNC(=O)CC(N)C(=O)O)ccc1F. The standard InChI is InChI=1S/C12H15FN2O3/c1-7-4-8(2-3-9(7)13)6-15-11(16)5-10(14)12(17)18/h2-4,10H,5-6,14H2,1H3,(H,15,16)(H,17,18). The number of nitrogens with two attached hydrogens (primary N) is 1. The van der Waals surface area contributed by atoms with Gasteiger partial charge in [0.25, 0.3) is 0 Å². The van der Waals surface area contributed by atoms with E-state index in [1.165, 1.54) is 6.07 Å². The van der Waals surface area contributed by atoms with Crippen molar-refractivity contribution < 1.29 is 19.1 Å². The van der Waals surface area contributed by atoms with E-state index in [-0.39, 0.29) is 18.8 Å². The zero-order chi connectivity index (χ0) is 13.7. The Bertz CT molecular complexity index is 463. The molecule has 0 heterocycles. The highest BCUT2D eigenvalue weighted by Crippen LogP contribution is 2.08. The number of amides is 1. The largest absolute Gasteiger partial charge is 0.480 e. The van der Waals surface area contributed by atoms with Crippen LogP contribution in [0.15, 0.2) is 18.2 Å². The molecule has 1 unspecified atom stereocenters. The Morgan fingerprint density at radius 3 is 2.72 bits per heavy atom. The van der Waals surface area contributed by atoms with Crippen molar-refractivity contribution in [3.8, 4) is 0 Å². The second-order valence-electron chi connectivity index (χ2n) is 4.01. The summed E-state index contributed by atoms with van der Waals surface area (Å²) in [6.07, 6.45) is -0.282. The summed E-state index contributed by atoms with van der Waals surface area (Å²) in [4.78, 5) is 21.8. The fraction of sp³-hybridized carbons (Fsp3) is 0.333. The van der Waals surface area contributed by atoms with Crippen LogP contribution in [0.2, 0.25) is 0 Å². The Morgan fingerprint density at radius 2 is 2.17 bits per heavy atom. The molecule has 5 nitrogen and oxygen atoms in total. The van der Waals surface area contributed by atoms with E-state index >= 15 is 0 Å². The van der Waals surface area contributed by atoms with Gasteiger partial charge in [-0.2, -0.15) is 0 Å². The van der Waals surface area contributed by atoms with Crippen LogP contribution in [0.25, 0.3) is 0 Å². The van der Waals surface area contributed by atoms with E-state index in [4.69, 9.17) is 10.8 Å². The molecule has 0 saturated heterocycles. The number of carbonyl (C=O) groups excluding carboxylic acids is 1. The van der Waals surface area contributed by atoms with Gasteiger partial charge in [-0.3, -0.25) is 9.59 Å². The van der Waals surface area contributed by atoms with Crippen molar-refractivity contribution in [1.82, 2.24) is 5.32 Å². The van der Waals surface area contributed by atoms with Crippen LogP contribution in [0.5, 0.6) is 0 Å². The number of rotatable bonds is 5. The van der Waals surface area contributed by atoms with Crippen LogP contribution in [0.3, 0.4) is 0 Å². The normalized spacial score (nSPS) is 11.9. The monoisotopic (exact) mass is 254 g/mol. The fourth-order valence-electron chi connectivity index (χ4n) is 1.38. The number of aliphatic carboxylic acids is 1. The first kappa shape index (κ1) is 14.1. The highest BCUT2D eigenvalue weighted by Gasteiger charge is 2.15. The third-order valence-electron chi connectivity index (χ3n) is 2.43. The highest BCUT2D eigenvalue weighted by molar-refractivity contribution is 5.84. The Kier molecular flexibility index (Phi) is 4.79. The molecule has 1 atom stereocenters. The molecule has 1 aromatic carbocycles. The van der Waals surface area contributed by atoms with Crippen LogP contribution in [-0.4, -0.2) is 23.0 Å². The Morgan fingerprint density at radius 1 is 1.50 bits per heavy atom. The van der Waals surface area contributed by atoms with Gasteiger partial charge in [0.15, 0.2) is 0 Å². The Hall–Kier alpha value is -1.95. The smallest absolute Gasteiger partial charge is 0.321 e. The van der Waals surface area contributed by atoms with Crippen molar-refractivity contribution in [3.05, 3.63) is 35.1 Å². The summed E-state index contributed by atoms with van der Waals surface area (Å²) in [7, 11) is 0. The topological polar surface area (TPSA) is 92.4 Å². The molecule has 0 aliphatic heterocycles. The average molecular weight is 254 g/mol. The predicted molar refractivity (Wildman–Crippen MR) is 63.2 cm³/mol. The quantitative estimate of drug-likeness (QED) is 0.715. The van der Waals surface area contributed by atoms with Gasteiger partial charge in [0.05, 0.1) is 6.42 Å². The van der Waals surface area contributed by atoms with Gasteiger partial charge in [-0.05, 0) is 24.1 Å². The van der Waals surface area contributed by atoms with E-state index in [0.717, 1.165) is 5.56 Å². The number of aryl methyl sites for hydroxylation is 1. The van der Waals surface area contributed by atoms with Crippen molar-refractivity contribution in [2.24, 2.45) is 5.73 Å². The van der Waals surface area contributed by atoms with Crippen LogP contribution < -0.4 is 11.1 Å². The maximum atomic E-state index is 13.0. The molecule has 18 heavy (non-hydrogen) atoms. The number of hydrogen-bond donors (Lipinski definition) is 3. The van der Waals surface area contributed by atoms with E-state index in [2.05, 4.69) is 5.32 Å². The third-order valence-corrected chi connectivity index (χ3v) is 2.43. The van der Waals surface area contributed by atoms with Crippen LogP contribution >= 0.6 is 0 Å². The number of carboxylic acid groups (broad SMARTS) is 1. The molecule has 0 spiro atoms. The van der Waals surface area contributed by atoms with Crippen molar-refractivity contribution in [2.75, 3.05) is 0 Å². The molecule has 6 heteroatoms. The maximum Gasteiger partial charge on any atom is 0.321 e. The summed E-state index contributed by atoms with van der Waals surface area (Å²) in [5, 5.41) is 11.1. The number of benzene rings is 1. The van der Waals surface area contributed by atoms with Crippen LogP contribution in [-0.2, 0) is 16.1 Å². The average Bonchev–Trinajstić information content (AvgIpc) is 2.30. The second-order valence-corrected chi connectivity index (χ2v) is 4.01. The lowest BCUT2D eigenvalue weighted by Crippen LogP contribution is -2.36. The summed E-state index contributed by atoms with van der Waals surface area (Å²) in [5.41, 5.74) is 6.45. The highest BCUT2D eigenvalue weighted by atomic mass is 19.1. The lowest BCUT2D eigenvalue weighted by molar-refractivity contribution is -0.140. The first-order valence-electron chi connectivity index (χ1n) is 5.40. The van der Waals surface area contributed by atoms with Crippen molar-refractivity contribution >= 4 is 11.9 Å². The van der Waals surface area contributed by atoms with Crippen LogP contribution in [0.4, 0.5) is 4.39 Å². The Balaban J connectivity index is 2.47. The van der Waals surface area contributed by atoms with Gasteiger partial charge in [0, 0.05) is 6.54 Å². The molecule has 0 aliphatic carbocycles. The molecule has 1 aromatic rings. The Labute approximate surface area is 104 Å². The van der Waals surface area contributed by atoms with Crippen molar-refractivity contribution in [3.63, 3.8) is 0 Å². The lowest BCUT2D eigenvalue weighted by atomic mass is 10.1. The van der Waals surface area contributed by atoms with E-state index in [1.54, 1.807) is 19.1 Å². The molecule has 1 amide bonds. The van der Waals surface area contributed by atoms with E-state index in [9.17, 15) is 14.0 Å². The summed E-state index contributed by atoms with van der Waals surface area (Å²) in [5.74, 6) is -1.98. The minimum Gasteiger partial charge on any atom is -0.480 e. The summed E-state index contributed by atoms with van der Waals surface area (Å²) >= 11 is 0. The minimum absolute atomic E-state index is 0.215. The first-order chi connectivity index (χ1) is 8.40. The van der Waals surface area contributed by atoms with E-state index < -0.39 is 17.9 Å². The van der Waals surface area contributed by atoms with E-state index in [1.807, 2.05) is 0 Å². The van der Waals surface area contributed by atoms with Crippen LogP contribution in [0.1, 0.15) is 17.5 Å². The summed E-state index contributed by atoms with van der Waals surface area (Å²) < 4.78 is 13.0. The number of halogens is 1. The molecule has 1 rings (SSSR count). The van der Waals surface area contributed by atoms with Crippen molar-refractivity contribution in [2.45, 2.75) is 25.9 Å². The van der Waals surface area contributed by atoms with E-state index in [0.29, 0.717) is 5.56 Å². The molecule has 4 N–H and O–H groups in total. The molecule has 0 radical (unpaired) electrons. The molecule has 0 bridgehead atoms. The van der Waals surface area contributed by atoms with Gasteiger partial charge >= 0.3 is 5.97 Å². The van der Waals surface area contributed by atoms with Gasteiger partial charge in [-0.25, -0.2) is 4.39 Å². The second kappa shape index (κ2) is 6.11. The zero-order valence-corrected chi connectivity index (χ0v) is 9.94. The van der Waals surface area contributed by atoms with Gasteiger partial charge in [-0.1, -0.05) is 12.1 Å². The molecular formula is C12H15FN2O3. The molecule has 0 saturated carbocycles. The fourth-order valence-corrected chi connectivity index (χ4v) is 1.38. The predicted octanol–water partition coefficient (Wildman–Crippen LogP) is 0.552. The van der Waals surface area contributed by atoms with Crippen LogP contribution in [0, 0.1) is 12.7 Å². The molecule has 0 fully saturated rings. The number of nitrogens with one attached hydrogen (secondary N) is 1. The van der Waals surface area contributed by atoms with Gasteiger partial charge in [0.2, 0.25) is 5.91 Å². The van der Waals surface area contributed by atoms with Crippen molar-refractivity contribution in [1.29, 1.82) is 0 Å². The minimum atomic E-state index is -1.22. The number of carboxylic acids is 1. The summed E-state index contributed by atoms with van der Waals surface area (Å²) in [6, 6.07) is 3.28. The molecular weight excluding hydrogens is 239 g/mol. The van der Waals surface area contributed by atoms with Gasteiger partial charge < -0.3 is 16.2 Å². The van der Waals surface area contributed by atoms with Gasteiger partial charge in [0.1, 0.15) is 11.9 Å². The lowest BCUT2D eigenvalue weighted by Gasteiger charge is -2.08. The van der Waals surface area contributed by atoms with Gasteiger partial charge in [-0.15, -0.1) is 0 Å². The zero-order valence-electron chi connectivity index (χ0n) is 9.94. The first-order valence-corrected chi connectivity index (χ1v) is 5.40. The molecule has 0 aromatic heterocycles. The number of hydrogen-bond acceptors (Lipinski definition) is 3. The maximum absolute atomic E-state index is 13.0. The third kappa shape index (κ3) is 4.14. The summed E-state index contributed by atoms with van der Waals surface area (Å²) in [6.45, 7) is 1.84. The molecule has 0 aliphatic rings. The molecule has 98 valence electrons.